The fourth-order valence-electron chi connectivity index (χ4n) is 0.993. The molecule has 0 aliphatic heterocycles. The normalized spacial score (nSPS) is 9.69. The summed E-state index contributed by atoms with van der Waals surface area (Å²) in [6.45, 7) is -0.369. The average Bonchev–Trinajstić information content (AvgIpc) is 2.25. The van der Waals surface area contributed by atoms with Crippen molar-refractivity contribution in [2.24, 2.45) is 0 Å². The fraction of sp³-hybridized carbons (Fsp3) is 0.200. The molecule has 0 saturated carbocycles. The summed E-state index contributed by atoms with van der Waals surface area (Å²) in [7, 11) is 1.16. The maximum Gasteiger partial charge on any atom is 0.325 e. The number of ether oxygens (including phenoxy) is 1. The smallest absolute Gasteiger partial charge is 0.325 e. The van der Waals surface area contributed by atoms with Gasteiger partial charge in [-0.15, -0.1) is 0 Å². The molecule has 4 nitrogen and oxygen atoms in total. The first kappa shape index (κ1) is 12.1. The standard InChI is InChI=1S/C10H9F2NO3/c1-16-9(14)5-13-10(15)7-3-2-6(11)4-8(7)12/h2-4H,5H2,1H3,(H,13,15). The van der Waals surface area contributed by atoms with Crippen LogP contribution >= 0.6 is 0 Å². The van der Waals surface area contributed by atoms with Gasteiger partial charge in [0, 0.05) is 6.07 Å². The Morgan fingerprint density at radius 3 is 2.62 bits per heavy atom. The third-order valence-electron chi connectivity index (χ3n) is 1.80. The zero-order valence-electron chi connectivity index (χ0n) is 8.42. The van der Waals surface area contributed by atoms with E-state index in [1.165, 1.54) is 0 Å². The number of hydrogen-bond acceptors (Lipinski definition) is 3. The van der Waals surface area contributed by atoms with Gasteiger partial charge in [0.2, 0.25) is 0 Å². The van der Waals surface area contributed by atoms with Gasteiger partial charge in [-0.05, 0) is 12.1 Å². The van der Waals surface area contributed by atoms with Crippen LogP contribution in [0.3, 0.4) is 0 Å². The number of carbonyl (C=O) groups excluding carboxylic acids is 2. The Morgan fingerprint density at radius 2 is 2.06 bits per heavy atom. The summed E-state index contributed by atoms with van der Waals surface area (Å²) >= 11 is 0. The molecule has 0 heterocycles. The number of halogens is 2. The van der Waals surface area contributed by atoms with Crippen molar-refractivity contribution < 1.29 is 23.1 Å². The Kier molecular flexibility index (Phi) is 3.93. The number of methoxy groups -OCH3 is 1. The zero-order chi connectivity index (χ0) is 12.1. The first-order valence-electron chi connectivity index (χ1n) is 4.34. The maximum absolute atomic E-state index is 13.1. The molecule has 16 heavy (non-hydrogen) atoms. The monoisotopic (exact) mass is 229 g/mol. The number of amides is 1. The van der Waals surface area contributed by atoms with Gasteiger partial charge in [0.25, 0.3) is 5.91 Å². The highest BCUT2D eigenvalue weighted by molar-refractivity contribution is 5.96. The lowest BCUT2D eigenvalue weighted by molar-refractivity contribution is -0.139. The number of benzene rings is 1. The van der Waals surface area contributed by atoms with Gasteiger partial charge < -0.3 is 10.1 Å². The molecule has 0 spiro atoms. The summed E-state index contributed by atoms with van der Waals surface area (Å²) in [5, 5.41) is 2.13. The van der Waals surface area contributed by atoms with Gasteiger partial charge in [-0.2, -0.15) is 0 Å². The van der Waals surface area contributed by atoms with Crippen LogP contribution in [0.25, 0.3) is 0 Å². The van der Waals surface area contributed by atoms with Crippen molar-refractivity contribution in [3.05, 3.63) is 35.4 Å². The molecule has 1 N–H and O–H groups in total. The number of nitrogens with one attached hydrogen (secondary N) is 1. The molecule has 6 heteroatoms. The molecule has 0 aliphatic carbocycles. The van der Waals surface area contributed by atoms with E-state index < -0.39 is 23.5 Å². The minimum Gasteiger partial charge on any atom is -0.468 e. The van der Waals surface area contributed by atoms with Crippen molar-refractivity contribution in [1.29, 1.82) is 0 Å². The van der Waals surface area contributed by atoms with Crippen molar-refractivity contribution in [3.63, 3.8) is 0 Å². The summed E-state index contributed by atoms with van der Waals surface area (Å²) in [4.78, 5) is 22.0. The molecule has 0 radical (unpaired) electrons. The van der Waals surface area contributed by atoms with E-state index in [0.717, 1.165) is 19.2 Å². The van der Waals surface area contributed by atoms with Crippen molar-refractivity contribution in [2.45, 2.75) is 0 Å². The summed E-state index contributed by atoms with van der Waals surface area (Å²) < 4.78 is 29.9. The van der Waals surface area contributed by atoms with Gasteiger partial charge in [-0.1, -0.05) is 0 Å². The molecule has 1 rings (SSSR count). The lowest BCUT2D eigenvalue weighted by atomic mass is 10.2. The molecule has 0 bridgehead atoms. The van der Waals surface area contributed by atoms with E-state index in [0.29, 0.717) is 6.07 Å². The summed E-state index contributed by atoms with van der Waals surface area (Å²) in [5.74, 6) is -3.22. The highest BCUT2D eigenvalue weighted by Gasteiger charge is 2.13. The van der Waals surface area contributed by atoms with Gasteiger partial charge >= 0.3 is 5.97 Å². The second-order valence-corrected chi connectivity index (χ2v) is 2.88. The molecule has 1 amide bonds. The maximum atomic E-state index is 13.1. The van der Waals surface area contributed by atoms with E-state index in [-0.39, 0.29) is 12.1 Å². The second kappa shape index (κ2) is 5.20. The second-order valence-electron chi connectivity index (χ2n) is 2.88. The van der Waals surface area contributed by atoms with E-state index in [2.05, 4.69) is 10.1 Å². The Labute approximate surface area is 90.2 Å². The largest absolute Gasteiger partial charge is 0.468 e. The van der Waals surface area contributed by atoms with E-state index in [9.17, 15) is 18.4 Å². The van der Waals surface area contributed by atoms with Gasteiger partial charge in [0.05, 0.1) is 12.7 Å². The summed E-state index contributed by atoms with van der Waals surface area (Å²) in [6, 6.07) is 2.54. The molecule has 1 aromatic carbocycles. The molecule has 86 valence electrons. The summed E-state index contributed by atoms with van der Waals surface area (Å²) in [6.07, 6.45) is 0. The minimum atomic E-state index is -0.984. The first-order valence-corrected chi connectivity index (χ1v) is 4.34. The van der Waals surface area contributed by atoms with Crippen molar-refractivity contribution in [3.8, 4) is 0 Å². The molecular weight excluding hydrogens is 220 g/mol. The van der Waals surface area contributed by atoms with Crippen LogP contribution < -0.4 is 5.32 Å². The topological polar surface area (TPSA) is 55.4 Å². The van der Waals surface area contributed by atoms with Crippen LogP contribution in [0.15, 0.2) is 18.2 Å². The molecular formula is C10H9F2NO3. The van der Waals surface area contributed by atoms with Crippen LogP contribution in [0.1, 0.15) is 10.4 Å². The molecule has 0 saturated heterocycles. The number of hydrogen-bond donors (Lipinski definition) is 1. The first-order chi connectivity index (χ1) is 7.54. The van der Waals surface area contributed by atoms with Gasteiger partial charge in [0.15, 0.2) is 0 Å². The molecule has 0 aliphatic rings. The number of esters is 1. The van der Waals surface area contributed by atoms with Gasteiger partial charge in [-0.25, -0.2) is 8.78 Å². The van der Waals surface area contributed by atoms with Crippen LogP contribution in [-0.2, 0) is 9.53 Å². The van der Waals surface area contributed by atoms with Crippen molar-refractivity contribution in [1.82, 2.24) is 5.32 Å². The quantitative estimate of drug-likeness (QED) is 0.782. The Morgan fingerprint density at radius 1 is 1.38 bits per heavy atom. The third-order valence-corrected chi connectivity index (χ3v) is 1.80. The van der Waals surface area contributed by atoms with Crippen molar-refractivity contribution in [2.75, 3.05) is 13.7 Å². The SMILES string of the molecule is COC(=O)CNC(=O)c1ccc(F)cc1F. The van der Waals surface area contributed by atoms with E-state index >= 15 is 0 Å². The third kappa shape index (κ3) is 3.01. The van der Waals surface area contributed by atoms with E-state index in [1.54, 1.807) is 0 Å². The van der Waals surface area contributed by atoms with Crippen LogP contribution in [-0.4, -0.2) is 25.5 Å². The predicted octanol–water partition coefficient (Wildman–Crippen LogP) is 0.868. The highest BCUT2D eigenvalue weighted by Crippen LogP contribution is 2.08. The Bertz CT molecular complexity index is 421. The lowest BCUT2D eigenvalue weighted by Crippen LogP contribution is -2.30. The number of carbonyl (C=O) groups is 2. The van der Waals surface area contributed by atoms with E-state index in [4.69, 9.17) is 0 Å². The fourth-order valence-corrected chi connectivity index (χ4v) is 0.993. The van der Waals surface area contributed by atoms with Crippen molar-refractivity contribution >= 4 is 11.9 Å². The molecule has 0 aromatic heterocycles. The average molecular weight is 229 g/mol. The predicted molar refractivity (Wildman–Crippen MR) is 50.7 cm³/mol. The minimum absolute atomic E-state index is 0.328. The molecule has 0 fully saturated rings. The molecule has 0 unspecified atom stereocenters. The molecule has 1 aromatic rings. The highest BCUT2D eigenvalue weighted by atomic mass is 19.1. The van der Waals surface area contributed by atoms with E-state index in [1.807, 2.05) is 0 Å². The van der Waals surface area contributed by atoms with Crippen LogP contribution in [0.4, 0.5) is 8.78 Å². The van der Waals surface area contributed by atoms with Gasteiger partial charge in [0.1, 0.15) is 18.2 Å². The summed E-state index contributed by atoms with van der Waals surface area (Å²) in [5.41, 5.74) is -0.328. The zero-order valence-corrected chi connectivity index (χ0v) is 8.42. The van der Waals surface area contributed by atoms with Crippen LogP contribution in [0, 0.1) is 11.6 Å². The Balaban J connectivity index is 2.70. The van der Waals surface area contributed by atoms with Crippen LogP contribution in [0.2, 0.25) is 0 Å². The lowest BCUT2D eigenvalue weighted by Gasteiger charge is -2.04. The van der Waals surface area contributed by atoms with Gasteiger partial charge in [-0.3, -0.25) is 9.59 Å². The number of rotatable bonds is 3. The molecule has 0 atom stereocenters. The Hall–Kier alpha value is -1.98. The van der Waals surface area contributed by atoms with Crippen LogP contribution in [0.5, 0.6) is 0 Å².